The zero-order valence-electron chi connectivity index (χ0n) is 18.6. The van der Waals surface area contributed by atoms with Crippen LogP contribution in [0.4, 0.5) is 10.2 Å². The number of nitriles is 1. The molecule has 9 heteroatoms. The zero-order valence-corrected chi connectivity index (χ0v) is 18.6. The van der Waals surface area contributed by atoms with Crippen LogP contribution in [-0.4, -0.2) is 56.8 Å². The van der Waals surface area contributed by atoms with Crippen molar-refractivity contribution >= 4 is 11.3 Å². The third-order valence-corrected chi connectivity index (χ3v) is 6.81. The minimum absolute atomic E-state index is 0.0292. The van der Waals surface area contributed by atoms with Crippen molar-refractivity contribution in [3.63, 3.8) is 0 Å². The van der Waals surface area contributed by atoms with Gasteiger partial charge in [-0.2, -0.15) is 10.4 Å². The Morgan fingerprint density at radius 3 is 2.71 bits per heavy atom. The van der Waals surface area contributed by atoms with Gasteiger partial charge in [-0.3, -0.25) is 4.90 Å². The van der Waals surface area contributed by atoms with Gasteiger partial charge in [-0.1, -0.05) is 6.07 Å². The van der Waals surface area contributed by atoms with Gasteiger partial charge in [0.05, 0.1) is 24.4 Å². The van der Waals surface area contributed by atoms with Crippen LogP contribution in [0.5, 0.6) is 5.88 Å². The number of piperidine rings is 1. The molecule has 4 aromatic heterocycles. The summed E-state index contributed by atoms with van der Waals surface area (Å²) in [6, 6.07) is 12.5. The second kappa shape index (κ2) is 8.08. The van der Waals surface area contributed by atoms with E-state index in [2.05, 4.69) is 32.0 Å². The lowest BCUT2D eigenvalue weighted by molar-refractivity contribution is -0.00884. The Hall–Kier alpha value is -4.03. The number of methoxy groups -OCH3 is 1. The monoisotopic (exact) mass is 455 g/mol. The quantitative estimate of drug-likeness (QED) is 0.457. The molecule has 3 saturated heterocycles. The molecule has 2 bridgehead atoms. The number of rotatable bonds is 5. The highest BCUT2D eigenvalue weighted by Crippen LogP contribution is 2.36. The molecule has 34 heavy (non-hydrogen) atoms. The molecule has 2 atom stereocenters. The Balaban J connectivity index is 1.17. The normalized spacial score (nSPS) is 19.6. The summed E-state index contributed by atoms with van der Waals surface area (Å²) in [7, 11) is 1.42. The number of halogens is 1. The van der Waals surface area contributed by atoms with Gasteiger partial charge in [-0.25, -0.2) is 18.9 Å². The minimum Gasteiger partial charge on any atom is -0.479 e. The molecule has 0 radical (unpaired) electrons. The van der Waals surface area contributed by atoms with E-state index in [4.69, 9.17) is 9.72 Å². The molecule has 3 aliphatic rings. The van der Waals surface area contributed by atoms with Crippen molar-refractivity contribution in [2.75, 3.05) is 25.1 Å². The van der Waals surface area contributed by atoms with Gasteiger partial charge in [0.25, 0.3) is 0 Å². The Morgan fingerprint density at radius 1 is 1.15 bits per heavy atom. The van der Waals surface area contributed by atoms with E-state index in [1.165, 1.54) is 13.2 Å². The molecular formula is C25H22FN7O. The van der Waals surface area contributed by atoms with Gasteiger partial charge in [0.1, 0.15) is 11.9 Å². The van der Waals surface area contributed by atoms with E-state index < -0.39 is 5.82 Å². The molecule has 0 amide bonds. The fraction of sp³-hybridized carbons (Fsp3) is 0.280. The van der Waals surface area contributed by atoms with Crippen molar-refractivity contribution in [2.24, 2.45) is 0 Å². The first-order chi connectivity index (χ1) is 16.6. The lowest BCUT2D eigenvalue weighted by Crippen LogP contribution is -2.68. The van der Waals surface area contributed by atoms with Crippen molar-refractivity contribution in [2.45, 2.75) is 25.0 Å². The topological polar surface area (TPSA) is 82.6 Å². The first-order valence-electron chi connectivity index (χ1n) is 11.2. The molecule has 8 nitrogen and oxygen atoms in total. The van der Waals surface area contributed by atoms with Gasteiger partial charge >= 0.3 is 0 Å². The van der Waals surface area contributed by atoms with E-state index in [1.54, 1.807) is 16.9 Å². The second-order valence-electron chi connectivity index (χ2n) is 8.75. The van der Waals surface area contributed by atoms with Crippen LogP contribution in [-0.2, 0) is 6.54 Å². The maximum Gasteiger partial charge on any atom is 0.250 e. The highest BCUT2D eigenvalue weighted by atomic mass is 19.1. The number of hydrogen-bond donors (Lipinski definition) is 0. The number of anilines is 1. The summed E-state index contributed by atoms with van der Waals surface area (Å²) in [4.78, 5) is 13.5. The lowest BCUT2D eigenvalue weighted by atomic mass is 9.87. The maximum absolute atomic E-state index is 14.0. The standard InChI is InChI=1S/C25H22FN7O/c1-34-25-22(26)7-16(10-29-25)13-32-19-8-20(32)15-31(14-19)23-5-4-17(11-28-23)21-3-2-6-33-24(21)18(9-27)12-30-33/h2-7,10-12,19-20H,8,13-15H2,1H3. The molecule has 4 aromatic rings. The molecule has 0 spiro atoms. The van der Waals surface area contributed by atoms with Gasteiger partial charge in [0.2, 0.25) is 5.88 Å². The molecule has 7 rings (SSSR count). The van der Waals surface area contributed by atoms with Gasteiger partial charge in [-0.15, -0.1) is 0 Å². The van der Waals surface area contributed by atoms with Crippen molar-refractivity contribution in [3.05, 3.63) is 72.1 Å². The van der Waals surface area contributed by atoms with Crippen molar-refractivity contribution in [3.8, 4) is 23.1 Å². The van der Waals surface area contributed by atoms with Crippen LogP contribution in [0.3, 0.4) is 0 Å². The van der Waals surface area contributed by atoms with Crippen LogP contribution < -0.4 is 9.64 Å². The smallest absolute Gasteiger partial charge is 0.250 e. The van der Waals surface area contributed by atoms with Crippen molar-refractivity contribution in [1.29, 1.82) is 5.26 Å². The van der Waals surface area contributed by atoms with E-state index in [9.17, 15) is 9.65 Å². The van der Waals surface area contributed by atoms with Crippen LogP contribution in [0.2, 0.25) is 0 Å². The molecule has 0 aliphatic carbocycles. The summed E-state index contributed by atoms with van der Waals surface area (Å²) in [6.45, 7) is 2.44. The molecule has 2 unspecified atom stereocenters. The van der Waals surface area contributed by atoms with Crippen LogP contribution >= 0.6 is 0 Å². The molecule has 3 aliphatic heterocycles. The average Bonchev–Trinajstić information content (AvgIpc) is 3.31. The Labute approximate surface area is 195 Å². The predicted octanol–water partition coefficient (Wildman–Crippen LogP) is 3.27. The number of ether oxygens (including phenoxy) is 1. The van der Waals surface area contributed by atoms with E-state index in [0.29, 0.717) is 24.2 Å². The van der Waals surface area contributed by atoms with Gasteiger partial charge in [0, 0.05) is 61.4 Å². The molecule has 0 saturated carbocycles. The summed E-state index contributed by atoms with van der Waals surface area (Å²) in [5, 5.41) is 13.7. The fourth-order valence-corrected chi connectivity index (χ4v) is 5.14. The summed E-state index contributed by atoms with van der Waals surface area (Å²) in [5.41, 5.74) is 4.07. The number of pyridine rings is 3. The molecule has 3 fully saturated rings. The third kappa shape index (κ3) is 3.35. The summed E-state index contributed by atoms with van der Waals surface area (Å²) >= 11 is 0. The van der Waals surface area contributed by atoms with Gasteiger partial charge in [0.15, 0.2) is 5.82 Å². The first kappa shape index (κ1) is 20.6. The largest absolute Gasteiger partial charge is 0.479 e. The highest BCUT2D eigenvalue weighted by Gasteiger charge is 2.44. The third-order valence-electron chi connectivity index (χ3n) is 6.81. The zero-order chi connectivity index (χ0) is 23.2. The Kier molecular flexibility index (Phi) is 4.89. The molecular weight excluding hydrogens is 433 g/mol. The van der Waals surface area contributed by atoms with E-state index in [1.807, 2.05) is 30.6 Å². The Bertz CT molecular complexity index is 1400. The number of aromatic nitrogens is 4. The van der Waals surface area contributed by atoms with Crippen LogP contribution in [0, 0.1) is 17.1 Å². The maximum atomic E-state index is 14.0. The number of piperazine rings is 1. The van der Waals surface area contributed by atoms with E-state index >= 15 is 0 Å². The van der Waals surface area contributed by atoms with Crippen LogP contribution in [0.15, 0.2) is 55.1 Å². The average molecular weight is 455 g/mol. The first-order valence-corrected chi connectivity index (χ1v) is 11.2. The van der Waals surface area contributed by atoms with E-state index in [-0.39, 0.29) is 5.88 Å². The number of nitrogens with zero attached hydrogens (tertiary/aromatic N) is 7. The highest BCUT2D eigenvalue weighted by molar-refractivity contribution is 5.84. The van der Waals surface area contributed by atoms with Crippen molar-refractivity contribution in [1.82, 2.24) is 24.5 Å². The predicted molar refractivity (Wildman–Crippen MR) is 124 cm³/mol. The summed E-state index contributed by atoms with van der Waals surface area (Å²) in [5.74, 6) is 0.544. The molecule has 0 aromatic carbocycles. The number of fused-ring (bicyclic) bond motifs is 3. The molecule has 170 valence electrons. The van der Waals surface area contributed by atoms with Crippen molar-refractivity contribution < 1.29 is 9.13 Å². The summed E-state index contributed by atoms with van der Waals surface area (Å²) in [6.07, 6.45) is 8.11. The SMILES string of the molecule is COc1ncc(CN2C3CC2CN(c2ccc(-c4cccn5ncc(C#N)c45)cn2)C3)cc1F. The second-order valence-corrected chi connectivity index (χ2v) is 8.75. The van der Waals surface area contributed by atoms with Crippen LogP contribution in [0.1, 0.15) is 17.5 Å². The lowest BCUT2D eigenvalue weighted by Gasteiger charge is -2.56. The van der Waals surface area contributed by atoms with Gasteiger partial charge < -0.3 is 9.64 Å². The fourth-order valence-electron chi connectivity index (χ4n) is 5.14. The van der Waals surface area contributed by atoms with Gasteiger partial charge in [-0.05, 0) is 36.2 Å². The minimum atomic E-state index is -0.426. The number of hydrogen-bond acceptors (Lipinski definition) is 7. The molecule has 0 N–H and O–H groups in total. The van der Waals surface area contributed by atoms with E-state index in [0.717, 1.165) is 47.5 Å². The van der Waals surface area contributed by atoms with Crippen LogP contribution in [0.25, 0.3) is 16.6 Å². The molecule has 7 heterocycles. The Morgan fingerprint density at radius 2 is 2.00 bits per heavy atom. The summed E-state index contributed by atoms with van der Waals surface area (Å²) < 4.78 is 20.7.